The van der Waals surface area contributed by atoms with Crippen molar-refractivity contribution in [1.29, 1.82) is 0 Å². The third-order valence-corrected chi connectivity index (χ3v) is 3.14. The standard InChI is InChI=1S/C15H19ClO/c1-5-7-8-9-13-12(4)14(16)10-11(3)15(13)17-6-2/h10H,6,8-9H2,1-4H3. The van der Waals surface area contributed by atoms with Gasteiger partial charge < -0.3 is 4.74 Å². The molecule has 17 heavy (non-hydrogen) atoms. The van der Waals surface area contributed by atoms with Crippen molar-refractivity contribution in [3.05, 3.63) is 27.8 Å². The number of halogens is 1. The van der Waals surface area contributed by atoms with E-state index in [1.54, 1.807) is 0 Å². The van der Waals surface area contributed by atoms with E-state index >= 15 is 0 Å². The summed E-state index contributed by atoms with van der Waals surface area (Å²) >= 11 is 6.21. The monoisotopic (exact) mass is 250 g/mol. The average Bonchev–Trinajstić information content (AvgIpc) is 2.30. The molecule has 1 rings (SSSR count). The first kappa shape index (κ1) is 13.9. The van der Waals surface area contributed by atoms with Crippen molar-refractivity contribution in [3.63, 3.8) is 0 Å². The minimum atomic E-state index is 0.675. The zero-order chi connectivity index (χ0) is 12.8. The van der Waals surface area contributed by atoms with Crippen molar-refractivity contribution in [1.82, 2.24) is 0 Å². The number of hydrogen-bond donors (Lipinski definition) is 0. The molecule has 1 aromatic carbocycles. The summed E-state index contributed by atoms with van der Waals surface area (Å²) in [6.07, 6.45) is 1.74. The molecule has 0 heterocycles. The topological polar surface area (TPSA) is 9.23 Å². The molecule has 2 heteroatoms. The molecule has 0 aliphatic carbocycles. The molecule has 1 aromatic rings. The van der Waals surface area contributed by atoms with Gasteiger partial charge in [-0.25, -0.2) is 0 Å². The van der Waals surface area contributed by atoms with Gasteiger partial charge >= 0.3 is 0 Å². The molecule has 0 aliphatic rings. The summed E-state index contributed by atoms with van der Waals surface area (Å²) in [5.74, 6) is 6.98. The molecular formula is C15H19ClO. The van der Waals surface area contributed by atoms with Gasteiger partial charge in [0, 0.05) is 11.4 Å². The van der Waals surface area contributed by atoms with Crippen molar-refractivity contribution >= 4 is 11.6 Å². The van der Waals surface area contributed by atoms with E-state index in [9.17, 15) is 0 Å². The Hall–Kier alpha value is -1.13. The first-order valence-electron chi connectivity index (χ1n) is 5.92. The van der Waals surface area contributed by atoms with Crippen molar-refractivity contribution in [3.8, 4) is 17.6 Å². The lowest BCUT2D eigenvalue weighted by Crippen LogP contribution is -2.02. The summed E-state index contributed by atoms with van der Waals surface area (Å²) in [7, 11) is 0. The van der Waals surface area contributed by atoms with Gasteiger partial charge in [-0.2, -0.15) is 0 Å². The molecule has 0 radical (unpaired) electrons. The van der Waals surface area contributed by atoms with Gasteiger partial charge in [0.05, 0.1) is 6.61 Å². The van der Waals surface area contributed by atoms with Crippen LogP contribution in [0.4, 0.5) is 0 Å². The molecule has 0 aromatic heterocycles. The normalized spacial score (nSPS) is 9.71. The van der Waals surface area contributed by atoms with Gasteiger partial charge in [0.15, 0.2) is 0 Å². The van der Waals surface area contributed by atoms with Gasteiger partial charge in [-0.05, 0) is 56.9 Å². The smallest absolute Gasteiger partial charge is 0.125 e. The van der Waals surface area contributed by atoms with E-state index in [-0.39, 0.29) is 0 Å². The third kappa shape index (κ3) is 3.41. The molecule has 0 saturated carbocycles. The maximum atomic E-state index is 6.21. The van der Waals surface area contributed by atoms with Crippen LogP contribution in [0.5, 0.6) is 5.75 Å². The molecule has 0 unspecified atom stereocenters. The molecule has 0 amide bonds. The predicted octanol–water partition coefficient (Wildman–Crippen LogP) is 4.31. The number of benzene rings is 1. The highest BCUT2D eigenvalue weighted by atomic mass is 35.5. The van der Waals surface area contributed by atoms with E-state index in [0.717, 1.165) is 34.7 Å². The molecule has 1 nitrogen and oxygen atoms in total. The highest BCUT2D eigenvalue weighted by molar-refractivity contribution is 6.31. The van der Waals surface area contributed by atoms with Crippen LogP contribution in [0.15, 0.2) is 6.07 Å². The third-order valence-electron chi connectivity index (χ3n) is 2.75. The Labute approximate surface area is 109 Å². The van der Waals surface area contributed by atoms with E-state index in [0.29, 0.717) is 6.61 Å². The van der Waals surface area contributed by atoms with Crippen LogP contribution >= 0.6 is 11.6 Å². The zero-order valence-corrected chi connectivity index (χ0v) is 11.7. The fourth-order valence-corrected chi connectivity index (χ4v) is 2.15. The maximum Gasteiger partial charge on any atom is 0.125 e. The van der Waals surface area contributed by atoms with Gasteiger partial charge in [-0.15, -0.1) is 11.8 Å². The summed E-state index contributed by atoms with van der Waals surface area (Å²) in [6.45, 7) is 8.61. The maximum absolute atomic E-state index is 6.21. The van der Waals surface area contributed by atoms with Crippen LogP contribution in [0.25, 0.3) is 0 Å². The van der Waals surface area contributed by atoms with Crippen LogP contribution in [0.3, 0.4) is 0 Å². The van der Waals surface area contributed by atoms with Crippen LogP contribution < -0.4 is 4.74 Å². The lowest BCUT2D eigenvalue weighted by Gasteiger charge is -2.16. The molecule has 0 spiro atoms. The van der Waals surface area contributed by atoms with Crippen LogP contribution in [0.1, 0.15) is 37.0 Å². The molecule has 0 bridgehead atoms. The minimum Gasteiger partial charge on any atom is -0.493 e. The Bertz CT molecular complexity index is 452. The summed E-state index contributed by atoms with van der Waals surface area (Å²) in [4.78, 5) is 0. The van der Waals surface area contributed by atoms with E-state index in [1.165, 1.54) is 5.56 Å². The van der Waals surface area contributed by atoms with Crippen molar-refractivity contribution in [2.75, 3.05) is 6.61 Å². The van der Waals surface area contributed by atoms with E-state index in [1.807, 2.05) is 33.8 Å². The van der Waals surface area contributed by atoms with Crippen LogP contribution in [0, 0.1) is 25.7 Å². The number of ether oxygens (including phenoxy) is 1. The van der Waals surface area contributed by atoms with Crippen molar-refractivity contribution in [2.45, 2.75) is 40.5 Å². The quantitative estimate of drug-likeness (QED) is 0.724. The molecule has 92 valence electrons. The Morgan fingerprint density at radius 1 is 1.35 bits per heavy atom. The largest absolute Gasteiger partial charge is 0.493 e. The second-order valence-electron chi connectivity index (χ2n) is 3.97. The molecular weight excluding hydrogens is 232 g/mol. The van der Waals surface area contributed by atoms with Crippen LogP contribution in [-0.4, -0.2) is 6.61 Å². The molecule has 0 N–H and O–H groups in total. The van der Waals surface area contributed by atoms with Gasteiger partial charge in [0.1, 0.15) is 5.75 Å². The van der Waals surface area contributed by atoms with Gasteiger partial charge in [0.25, 0.3) is 0 Å². The van der Waals surface area contributed by atoms with Crippen molar-refractivity contribution < 1.29 is 4.74 Å². The Morgan fingerprint density at radius 2 is 2.06 bits per heavy atom. The van der Waals surface area contributed by atoms with E-state index in [2.05, 4.69) is 11.8 Å². The second-order valence-corrected chi connectivity index (χ2v) is 4.37. The summed E-state index contributed by atoms with van der Waals surface area (Å²) in [5, 5.41) is 0.811. The molecule has 0 aliphatic heterocycles. The number of aryl methyl sites for hydroxylation is 1. The fourth-order valence-electron chi connectivity index (χ4n) is 1.88. The SMILES string of the molecule is CC#CCCc1c(C)c(Cl)cc(C)c1OCC. The molecule has 0 fully saturated rings. The number of hydrogen-bond acceptors (Lipinski definition) is 1. The predicted molar refractivity (Wildman–Crippen MR) is 73.9 cm³/mol. The van der Waals surface area contributed by atoms with Gasteiger partial charge in [-0.1, -0.05) is 11.6 Å². The first-order valence-corrected chi connectivity index (χ1v) is 6.30. The molecule has 0 atom stereocenters. The average molecular weight is 251 g/mol. The Morgan fingerprint density at radius 3 is 2.65 bits per heavy atom. The number of rotatable bonds is 4. The molecule has 0 saturated heterocycles. The van der Waals surface area contributed by atoms with Crippen molar-refractivity contribution in [2.24, 2.45) is 0 Å². The minimum absolute atomic E-state index is 0.675. The second kappa shape index (κ2) is 6.57. The summed E-state index contributed by atoms with van der Waals surface area (Å²) in [5.41, 5.74) is 3.40. The van der Waals surface area contributed by atoms with Gasteiger partial charge in [0.2, 0.25) is 0 Å². The summed E-state index contributed by atoms with van der Waals surface area (Å²) < 4.78 is 5.73. The van der Waals surface area contributed by atoms with Gasteiger partial charge in [-0.3, -0.25) is 0 Å². The van der Waals surface area contributed by atoms with E-state index < -0.39 is 0 Å². The van der Waals surface area contributed by atoms with Crippen LogP contribution in [-0.2, 0) is 6.42 Å². The summed E-state index contributed by atoms with van der Waals surface area (Å²) in [6, 6.07) is 1.97. The Balaban J connectivity index is 3.15. The fraction of sp³-hybridized carbons (Fsp3) is 0.467. The first-order chi connectivity index (χ1) is 8.11. The highest BCUT2D eigenvalue weighted by Crippen LogP contribution is 2.33. The zero-order valence-electron chi connectivity index (χ0n) is 11.0. The highest BCUT2D eigenvalue weighted by Gasteiger charge is 2.12. The van der Waals surface area contributed by atoms with E-state index in [4.69, 9.17) is 16.3 Å². The lowest BCUT2D eigenvalue weighted by molar-refractivity contribution is 0.334. The van der Waals surface area contributed by atoms with Crippen LogP contribution in [0.2, 0.25) is 5.02 Å². The Kier molecular flexibility index (Phi) is 5.38. The lowest BCUT2D eigenvalue weighted by atomic mass is 9.99.